The van der Waals surface area contributed by atoms with Crippen molar-refractivity contribution < 1.29 is 0 Å². The standard InChI is InChI=1S/C24H26ClNS2/c1-4-6-17(7-5-2)22-16-23(28-21-14-10-19(25)11-15-21)24(26-22)18-8-12-20(27-3)13-9-18/h6,8-15H,4-5,7,16H2,1-3H3/b17-6+. The number of benzene rings is 2. The summed E-state index contributed by atoms with van der Waals surface area (Å²) in [5.41, 5.74) is 4.93. The summed E-state index contributed by atoms with van der Waals surface area (Å²) in [4.78, 5) is 8.91. The molecule has 0 amide bonds. The van der Waals surface area contributed by atoms with Crippen molar-refractivity contribution in [2.45, 2.75) is 49.3 Å². The van der Waals surface area contributed by atoms with Crippen molar-refractivity contribution in [2.24, 2.45) is 4.99 Å². The van der Waals surface area contributed by atoms with Crippen molar-refractivity contribution in [2.75, 3.05) is 6.26 Å². The zero-order chi connectivity index (χ0) is 19.9. The van der Waals surface area contributed by atoms with Crippen LogP contribution in [0.4, 0.5) is 0 Å². The molecule has 1 aliphatic rings. The Hall–Kier alpha value is -1.42. The quantitative estimate of drug-likeness (QED) is 0.391. The Morgan fingerprint density at radius 1 is 1.04 bits per heavy atom. The van der Waals surface area contributed by atoms with Gasteiger partial charge in [-0.25, -0.2) is 0 Å². The van der Waals surface area contributed by atoms with Crippen LogP contribution in [0.25, 0.3) is 5.70 Å². The third kappa shape index (κ3) is 5.34. The Kier molecular flexibility index (Phi) is 7.90. The Labute approximate surface area is 182 Å². The van der Waals surface area contributed by atoms with Gasteiger partial charge in [0.05, 0.1) is 5.70 Å². The first kappa shape index (κ1) is 21.3. The second-order valence-corrected chi connectivity index (χ2v) is 9.16. The van der Waals surface area contributed by atoms with Gasteiger partial charge in [0.25, 0.3) is 0 Å². The second kappa shape index (κ2) is 10.4. The van der Waals surface area contributed by atoms with Crippen LogP contribution < -0.4 is 0 Å². The van der Waals surface area contributed by atoms with Gasteiger partial charge in [-0.05, 0) is 61.1 Å². The van der Waals surface area contributed by atoms with Crippen LogP contribution in [0.5, 0.6) is 0 Å². The van der Waals surface area contributed by atoms with Crippen molar-refractivity contribution >= 4 is 46.5 Å². The number of hydrogen-bond donors (Lipinski definition) is 0. The third-order valence-corrected chi connectivity index (χ3v) is 6.69. The maximum Gasteiger partial charge on any atom is 0.0808 e. The molecule has 1 aliphatic heterocycles. The Balaban J connectivity index is 1.96. The summed E-state index contributed by atoms with van der Waals surface area (Å²) in [7, 11) is 0. The van der Waals surface area contributed by atoms with Gasteiger partial charge in [0, 0.05) is 37.4 Å². The smallest absolute Gasteiger partial charge is 0.0808 e. The Morgan fingerprint density at radius 3 is 2.32 bits per heavy atom. The molecule has 1 nitrogen and oxygen atoms in total. The summed E-state index contributed by atoms with van der Waals surface area (Å²) in [5, 5.41) is 0.769. The number of allylic oxidation sites excluding steroid dienone is 3. The molecule has 0 saturated heterocycles. The minimum Gasteiger partial charge on any atom is -0.251 e. The number of halogens is 1. The number of aliphatic imine (C=N–C) groups is 1. The molecule has 0 saturated carbocycles. The molecule has 28 heavy (non-hydrogen) atoms. The highest BCUT2D eigenvalue weighted by Crippen LogP contribution is 2.41. The highest BCUT2D eigenvalue weighted by atomic mass is 35.5. The summed E-state index contributed by atoms with van der Waals surface area (Å²) in [5.74, 6) is 0. The molecule has 0 fully saturated rings. The predicted octanol–water partition coefficient (Wildman–Crippen LogP) is 8.50. The molecule has 2 aromatic rings. The van der Waals surface area contributed by atoms with E-state index in [2.05, 4.69) is 62.6 Å². The van der Waals surface area contributed by atoms with Crippen molar-refractivity contribution in [3.63, 3.8) is 0 Å². The molecule has 0 N–H and O–H groups in total. The van der Waals surface area contributed by atoms with E-state index in [-0.39, 0.29) is 0 Å². The van der Waals surface area contributed by atoms with Gasteiger partial charge < -0.3 is 0 Å². The van der Waals surface area contributed by atoms with Gasteiger partial charge in [0.15, 0.2) is 0 Å². The molecule has 0 aromatic heterocycles. The first-order valence-electron chi connectivity index (χ1n) is 9.72. The molecule has 0 spiro atoms. The molecule has 1 heterocycles. The van der Waals surface area contributed by atoms with Gasteiger partial charge >= 0.3 is 0 Å². The third-order valence-electron chi connectivity index (χ3n) is 4.60. The lowest BCUT2D eigenvalue weighted by atomic mass is 10.0. The number of thioether (sulfide) groups is 2. The summed E-state index contributed by atoms with van der Waals surface area (Å²) in [6, 6.07) is 16.8. The molecule has 0 unspecified atom stereocenters. The topological polar surface area (TPSA) is 12.4 Å². The van der Waals surface area contributed by atoms with Crippen molar-refractivity contribution in [1.82, 2.24) is 0 Å². The lowest BCUT2D eigenvalue weighted by molar-refractivity contribution is 0.924. The van der Waals surface area contributed by atoms with Crippen molar-refractivity contribution in [1.29, 1.82) is 0 Å². The maximum absolute atomic E-state index is 6.06. The summed E-state index contributed by atoms with van der Waals surface area (Å²) in [6.45, 7) is 4.43. The second-order valence-electron chi connectivity index (χ2n) is 6.68. The van der Waals surface area contributed by atoms with Gasteiger partial charge in [-0.3, -0.25) is 4.99 Å². The van der Waals surface area contributed by atoms with Crippen LogP contribution >= 0.6 is 35.1 Å². The lowest BCUT2D eigenvalue weighted by Gasteiger charge is -2.08. The molecule has 0 bridgehead atoms. The van der Waals surface area contributed by atoms with E-state index in [0.29, 0.717) is 0 Å². The predicted molar refractivity (Wildman–Crippen MR) is 128 cm³/mol. The monoisotopic (exact) mass is 427 g/mol. The Morgan fingerprint density at radius 2 is 1.71 bits per heavy atom. The van der Waals surface area contributed by atoms with Crippen molar-refractivity contribution in [3.05, 3.63) is 75.7 Å². The first-order valence-corrected chi connectivity index (χ1v) is 12.1. The van der Waals surface area contributed by atoms with E-state index < -0.39 is 0 Å². The zero-order valence-electron chi connectivity index (χ0n) is 16.7. The fourth-order valence-corrected chi connectivity index (χ4v) is 4.80. The highest BCUT2D eigenvalue weighted by Gasteiger charge is 2.22. The molecule has 0 aliphatic carbocycles. The normalized spacial score (nSPS) is 14.6. The van der Waals surface area contributed by atoms with Gasteiger partial charge in [-0.15, -0.1) is 11.8 Å². The van der Waals surface area contributed by atoms with Crippen LogP contribution in [0.15, 0.2) is 79.9 Å². The summed E-state index contributed by atoms with van der Waals surface area (Å²) >= 11 is 9.63. The average Bonchev–Trinajstić information content (AvgIpc) is 3.13. The fourth-order valence-electron chi connectivity index (χ4n) is 3.24. The van der Waals surface area contributed by atoms with Gasteiger partial charge in [0.1, 0.15) is 0 Å². The van der Waals surface area contributed by atoms with Crippen LogP contribution in [-0.2, 0) is 0 Å². The van der Waals surface area contributed by atoms with E-state index in [1.165, 1.54) is 31.5 Å². The van der Waals surface area contributed by atoms with E-state index in [4.69, 9.17) is 16.6 Å². The van der Waals surface area contributed by atoms with E-state index >= 15 is 0 Å². The number of nitrogens with zero attached hydrogens (tertiary/aromatic N) is 1. The molecular formula is C24H26ClNS2. The van der Waals surface area contributed by atoms with Crippen LogP contribution in [-0.4, -0.2) is 12.0 Å². The van der Waals surface area contributed by atoms with Crippen molar-refractivity contribution in [3.8, 4) is 0 Å². The average molecular weight is 428 g/mol. The van der Waals surface area contributed by atoms with E-state index in [1.807, 2.05) is 12.1 Å². The van der Waals surface area contributed by atoms with Gasteiger partial charge in [-0.1, -0.05) is 61.8 Å². The minimum absolute atomic E-state index is 0.769. The zero-order valence-corrected chi connectivity index (χ0v) is 19.1. The van der Waals surface area contributed by atoms with Crippen LogP contribution in [0.1, 0.15) is 45.1 Å². The molecular weight excluding hydrogens is 402 g/mol. The molecule has 146 valence electrons. The molecule has 0 radical (unpaired) electrons. The highest BCUT2D eigenvalue weighted by molar-refractivity contribution is 8.03. The number of hydrogen-bond acceptors (Lipinski definition) is 3. The molecule has 0 atom stereocenters. The van der Waals surface area contributed by atoms with Crippen LogP contribution in [0.2, 0.25) is 5.02 Å². The van der Waals surface area contributed by atoms with Crippen LogP contribution in [0.3, 0.4) is 0 Å². The molecule has 3 rings (SSSR count). The Bertz CT molecular complexity index is 893. The van der Waals surface area contributed by atoms with Gasteiger partial charge in [0.2, 0.25) is 0 Å². The lowest BCUT2D eigenvalue weighted by Crippen LogP contribution is -2.00. The molecule has 2 aromatic carbocycles. The van der Waals surface area contributed by atoms with Crippen LogP contribution in [0, 0.1) is 0 Å². The largest absolute Gasteiger partial charge is 0.251 e. The van der Waals surface area contributed by atoms with Gasteiger partial charge in [-0.2, -0.15) is 0 Å². The van der Waals surface area contributed by atoms with E-state index in [0.717, 1.165) is 36.4 Å². The number of rotatable bonds is 8. The fraction of sp³-hybridized carbons (Fsp3) is 0.292. The molecule has 4 heteroatoms. The van der Waals surface area contributed by atoms with E-state index in [1.54, 1.807) is 23.5 Å². The minimum atomic E-state index is 0.769. The summed E-state index contributed by atoms with van der Waals surface area (Å²) < 4.78 is 0. The summed E-state index contributed by atoms with van der Waals surface area (Å²) in [6.07, 6.45) is 8.62. The SMILES string of the molecule is CC/C=C(\CCC)C1=NC(c2ccc(SC)cc2)=C(Sc2ccc(Cl)cc2)C1. The van der Waals surface area contributed by atoms with E-state index in [9.17, 15) is 0 Å². The first-order chi connectivity index (χ1) is 13.6. The maximum atomic E-state index is 6.06.